The largest absolute Gasteiger partial charge is 0.463 e. The van der Waals surface area contributed by atoms with E-state index in [9.17, 15) is 4.79 Å². The first kappa shape index (κ1) is 35.2. The van der Waals surface area contributed by atoms with Crippen LogP contribution in [0.25, 0.3) is 0 Å². The van der Waals surface area contributed by atoms with Crippen molar-refractivity contribution < 1.29 is 9.53 Å². The van der Waals surface area contributed by atoms with E-state index in [1.165, 1.54) is 70.6 Å². The summed E-state index contributed by atoms with van der Waals surface area (Å²) in [6.45, 7) is 20.8. The molecule has 4 N–H and O–H groups in total. The SMILES string of the molecule is CCC(CC[C@@H](C)[C@H]1CC[C@H]2[C@@H]3C[C@@H](NCCCCNCCCN)[C@H]4C[C@@H](OC(C)=O)CC[C@]4(C)[C@H]3CC[C@]12C)C(C)C. The van der Waals surface area contributed by atoms with E-state index in [1.807, 2.05) is 0 Å². The Kier molecular flexibility index (Phi) is 12.9. The third-order valence-electron chi connectivity index (χ3n) is 14.0. The van der Waals surface area contributed by atoms with E-state index in [4.69, 9.17) is 10.5 Å². The van der Waals surface area contributed by atoms with Crippen LogP contribution >= 0.6 is 0 Å². The number of carbonyl (C=O) groups excluding carboxylic acids is 1. The minimum Gasteiger partial charge on any atom is -0.463 e. The van der Waals surface area contributed by atoms with Gasteiger partial charge in [0.15, 0.2) is 0 Å². The van der Waals surface area contributed by atoms with Crippen LogP contribution in [0.1, 0.15) is 138 Å². The van der Waals surface area contributed by atoms with Crippen molar-refractivity contribution in [2.24, 2.45) is 63.9 Å². The third-order valence-corrected chi connectivity index (χ3v) is 14.0. The number of esters is 1. The maximum absolute atomic E-state index is 11.9. The lowest BCUT2D eigenvalue weighted by Crippen LogP contribution is -2.61. The van der Waals surface area contributed by atoms with E-state index in [0.29, 0.717) is 22.8 Å². The number of unbranched alkanes of at least 4 members (excludes halogenated alkanes) is 1. The molecule has 0 aromatic rings. The second-order valence-corrected chi connectivity index (χ2v) is 16.6. The second-order valence-electron chi connectivity index (χ2n) is 16.6. The first-order valence-corrected chi connectivity index (χ1v) is 18.9. The van der Waals surface area contributed by atoms with Crippen LogP contribution in [0.4, 0.5) is 0 Å². The van der Waals surface area contributed by atoms with Crippen molar-refractivity contribution >= 4 is 5.97 Å². The molecule has 0 radical (unpaired) electrons. The Morgan fingerprint density at radius 2 is 1.58 bits per heavy atom. The maximum atomic E-state index is 11.9. The summed E-state index contributed by atoms with van der Waals surface area (Å²) in [5.74, 6) is 6.49. The minimum atomic E-state index is -0.105. The molecule has 4 rings (SSSR count). The molecule has 5 heteroatoms. The van der Waals surface area contributed by atoms with Gasteiger partial charge in [-0.15, -0.1) is 0 Å². The van der Waals surface area contributed by atoms with Crippen LogP contribution in [-0.4, -0.2) is 44.3 Å². The Hall–Kier alpha value is -0.650. The average molecular weight is 602 g/mol. The van der Waals surface area contributed by atoms with Crippen LogP contribution in [0.5, 0.6) is 0 Å². The van der Waals surface area contributed by atoms with Gasteiger partial charge in [-0.3, -0.25) is 4.79 Å². The fraction of sp³-hybridized carbons (Fsp3) is 0.974. The van der Waals surface area contributed by atoms with Gasteiger partial charge in [0.2, 0.25) is 0 Å². The van der Waals surface area contributed by atoms with Gasteiger partial charge < -0.3 is 21.1 Å². The minimum absolute atomic E-state index is 0.103. The number of nitrogens with one attached hydrogen (secondary N) is 2. The lowest BCUT2D eigenvalue weighted by Gasteiger charge is -2.63. The molecule has 0 aromatic carbocycles. The van der Waals surface area contributed by atoms with Crippen LogP contribution in [-0.2, 0) is 9.53 Å². The van der Waals surface area contributed by atoms with Gasteiger partial charge >= 0.3 is 5.97 Å². The Balaban J connectivity index is 1.45. The molecule has 4 fully saturated rings. The molecule has 4 aliphatic carbocycles. The molecule has 43 heavy (non-hydrogen) atoms. The predicted molar refractivity (Wildman–Crippen MR) is 181 cm³/mol. The van der Waals surface area contributed by atoms with Gasteiger partial charge in [0, 0.05) is 13.0 Å². The van der Waals surface area contributed by atoms with Crippen molar-refractivity contribution in [1.29, 1.82) is 0 Å². The molecule has 0 amide bonds. The van der Waals surface area contributed by atoms with Crippen LogP contribution in [0.3, 0.4) is 0 Å². The van der Waals surface area contributed by atoms with Crippen molar-refractivity contribution in [1.82, 2.24) is 10.6 Å². The summed E-state index contributed by atoms with van der Waals surface area (Å²) in [5, 5.41) is 7.69. The highest BCUT2D eigenvalue weighted by atomic mass is 16.5. The van der Waals surface area contributed by atoms with Crippen molar-refractivity contribution in [3.8, 4) is 0 Å². The molecule has 0 bridgehead atoms. The normalized spacial score (nSPS) is 38.7. The van der Waals surface area contributed by atoms with Crippen molar-refractivity contribution in [2.45, 2.75) is 151 Å². The molecule has 0 aromatic heterocycles. The molecule has 0 saturated heterocycles. The quantitative estimate of drug-likeness (QED) is 0.124. The van der Waals surface area contributed by atoms with E-state index in [0.717, 1.165) is 86.9 Å². The predicted octanol–water partition coefficient (Wildman–Crippen LogP) is 7.96. The van der Waals surface area contributed by atoms with Crippen LogP contribution in [0.15, 0.2) is 0 Å². The zero-order valence-corrected chi connectivity index (χ0v) is 29.4. The Morgan fingerprint density at radius 3 is 2.28 bits per heavy atom. The van der Waals surface area contributed by atoms with E-state index < -0.39 is 0 Å². The lowest BCUT2D eigenvalue weighted by molar-refractivity contribution is -0.164. The zero-order valence-electron chi connectivity index (χ0n) is 29.4. The topological polar surface area (TPSA) is 76.4 Å². The Bertz CT molecular complexity index is 864. The van der Waals surface area contributed by atoms with Gasteiger partial charge in [-0.1, -0.05) is 54.4 Å². The molecule has 11 atom stereocenters. The van der Waals surface area contributed by atoms with Crippen molar-refractivity contribution in [3.63, 3.8) is 0 Å². The zero-order chi connectivity index (χ0) is 31.2. The molecule has 250 valence electrons. The van der Waals surface area contributed by atoms with Crippen LogP contribution in [0, 0.1) is 58.2 Å². The molecule has 0 spiro atoms. The summed E-state index contributed by atoms with van der Waals surface area (Å²) in [6, 6.07) is 0.546. The summed E-state index contributed by atoms with van der Waals surface area (Å²) in [5.41, 5.74) is 6.52. The van der Waals surface area contributed by atoms with Gasteiger partial charge in [-0.25, -0.2) is 0 Å². The van der Waals surface area contributed by atoms with E-state index in [-0.39, 0.29) is 12.1 Å². The smallest absolute Gasteiger partial charge is 0.302 e. The van der Waals surface area contributed by atoms with E-state index in [1.54, 1.807) is 6.92 Å². The highest BCUT2D eigenvalue weighted by Crippen LogP contribution is 2.68. The van der Waals surface area contributed by atoms with E-state index in [2.05, 4.69) is 52.2 Å². The van der Waals surface area contributed by atoms with Gasteiger partial charge in [0.1, 0.15) is 6.10 Å². The molecule has 5 nitrogen and oxygen atoms in total. The Labute approximate surface area is 266 Å². The summed E-state index contributed by atoms with van der Waals surface area (Å²) in [4.78, 5) is 11.9. The molecule has 0 heterocycles. The Morgan fingerprint density at radius 1 is 0.884 bits per heavy atom. The average Bonchev–Trinajstić information content (AvgIpc) is 3.32. The molecule has 0 aliphatic heterocycles. The monoisotopic (exact) mass is 602 g/mol. The summed E-state index contributed by atoms with van der Waals surface area (Å²) in [7, 11) is 0. The fourth-order valence-corrected chi connectivity index (χ4v) is 11.5. The summed E-state index contributed by atoms with van der Waals surface area (Å²) >= 11 is 0. The molecule has 4 aliphatic rings. The molecule has 4 saturated carbocycles. The fourth-order valence-electron chi connectivity index (χ4n) is 11.5. The van der Waals surface area contributed by atoms with Crippen LogP contribution in [0.2, 0.25) is 0 Å². The van der Waals surface area contributed by atoms with Gasteiger partial charge in [-0.05, 0) is 161 Å². The lowest BCUT2D eigenvalue weighted by atomic mass is 9.43. The van der Waals surface area contributed by atoms with Gasteiger partial charge in [-0.2, -0.15) is 0 Å². The van der Waals surface area contributed by atoms with Crippen molar-refractivity contribution in [2.75, 3.05) is 26.2 Å². The maximum Gasteiger partial charge on any atom is 0.302 e. The van der Waals surface area contributed by atoms with Crippen LogP contribution < -0.4 is 16.4 Å². The van der Waals surface area contributed by atoms with Gasteiger partial charge in [0.25, 0.3) is 0 Å². The first-order chi connectivity index (χ1) is 20.5. The number of hydrogen-bond donors (Lipinski definition) is 3. The number of hydrogen-bond acceptors (Lipinski definition) is 5. The standard InChI is InChI=1S/C38H71N3O2/c1-8-29(26(2)3)13-12-27(4)32-14-15-33-31-25-36(41-23-10-9-21-40-22-11-20-39)35-24-30(43-28(5)42)16-18-38(35,7)34(31)17-19-37(32,33)6/h26-27,29-36,40-41H,8-25,39H2,1-7H3/t27-,29?,30+,31+,32-,33+,34+,35-,36-,37-,38-/m1/s1. The third kappa shape index (κ3) is 8.02. The second kappa shape index (κ2) is 15.8. The van der Waals surface area contributed by atoms with Gasteiger partial charge in [0.05, 0.1) is 0 Å². The molecule has 1 unspecified atom stereocenters. The first-order valence-electron chi connectivity index (χ1n) is 18.9. The molecular weight excluding hydrogens is 530 g/mol. The number of ether oxygens (including phenoxy) is 1. The highest BCUT2D eigenvalue weighted by molar-refractivity contribution is 5.66. The summed E-state index contributed by atoms with van der Waals surface area (Å²) < 4.78 is 5.86. The van der Waals surface area contributed by atoms with Crippen molar-refractivity contribution in [3.05, 3.63) is 0 Å². The number of nitrogens with two attached hydrogens (primary N) is 1. The summed E-state index contributed by atoms with van der Waals surface area (Å²) in [6.07, 6.45) is 18.1. The number of rotatable bonds is 16. The number of fused-ring (bicyclic) bond motifs is 5. The number of carbonyl (C=O) groups is 1. The molecular formula is C38H71N3O2. The highest BCUT2D eigenvalue weighted by Gasteiger charge is 2.62. The van der Waals surface area contributed by atoms with E-state index >= 15 is 0 Å².